The maximum atomic E-state index is 2.59. The van der Waals surface area contributed by atoms with Crippen molar-refractivity contribution in [3.63, 3.8) is 0 Å². The van der Waals surface area contributed by atoms with Gasteiger partial charge in [0.05, 0.1) is 84.7 Å². The molecule has 314 valence electrons. The Labute approximate surface area is 454 Å². The lowest BCUT2D eigenvalue weighted by molar-refractivity contribution is 0.739. The molecule has 24 heteroatoms. The number of unbranched alkanes of at least 4 members (excludes halogenated alkanes) is 1. The average Bonchev–Trinajstić information content (AvgIpc) is 4.12. The van der Waals surface area contributed by atoms with Crippen molar-refractivity contribution < 1.29 is 0 Å². The summed E-state index contributed by atoms with van der Waals surface area (Å²) in [6, 6.07) is 0. The second-order valence-electron chi connectivity index (χ2n) is 12.8. The molecule has 0 atom stereocenters. The SMILES string of the molecule is C(=C1SC2=C(S1)SC(=C1SC3=C(SCCS3)S1)S2)C(CCCCC(C=C1SC2=C(S1)SC(=C1SC3=C(SCCS3)S1)S2)=C1SC2=C(SCCS2)S1)=C1SC2=C(SCCS2)S1. The molecule has 0 aliphatic carbocycles. The third-order valence-electron chi connectivity index (χ3n) is 8.78. The second kappa shape index (κ2) is 21.6. The van der Waals surface area contributed by atoms with E-state index in [1.54, 1.807) is 45.0 Å². The van der Waals surface area contributed by atoms with Crippen LogP contribution in [-0.2, 0) is 0 Å². The maximum Gasteiger partial charge on any atom is 0.0718 e. The largest absolute Gasteiger partial charge is 0.116 e. The van der Waals surface area contributed by atoms with Gasteiger partial charge in [-0.15, -0.1) is 94.1 Å². The van der Waals surface area contributed by atoms with Gasteiger partial charge in [-0.1, -0.05) is 188 Å². The van der Waals surface area contributed by atoms with Crippen molar-refractivity contribution in [3.8, 4) is 0 Å². The zero-order chi connectivity index (χ0) is 39.6. The molecule has 0 amide bonds. The number of thioether (sulfide) groups is 24. The molecule has 12 rings (SSSR count). The molecule has 12 aliphatic heterocycles. The number of rotatable bonds is 7. The van der Waals surface area contributed by atoms with Gasteiger partial charge in [-0.3, -0.25) is 0 Å². The summed E-state index contributed by atoms with van der Waals surface area (Å²) in [5, 5.41) is 0. The molecule has 0 saturated heterocycles. The molecular weight excluding hydrogens is 1200 g/mol. The summed E-state index contributed by atoms with van der Waals surface area (Å²) in [5.41, 5.74) is 3.13. The van der Waals surface area contributed by atoms with Gasteiger partial charge in [-0.05, 0) is 49.0 Å². The predicted molar refractivity (Wildman–Crippen MR) is 326 cm³/mol. The van der Waals surface area contributed by atoms with Crippen molar-refractivity contribution in [2.45, 2.75) is 25.7 Å². The van der Waals surface area contributed by atoms with Crippen LogP contribution in [0.15, 0.2) is 108 Å². The van der Waals surface area contributed by atoms with Crippen LogP contribution in [0.5, 0.6) is 0 Å². The van der Waals surface area contributed by atoms with Gasteiger partial charge in [0.2, 0.25) is 0 Å². The molecule has 12 aliphatic rings. The first-order valence-electron chi connectivity index (χ1n) is 18.3. The fourth-order valence-electron chi connectivity index (χ4n) is 6.17. The van der Waals surface area contributed by atoms with Crippen molar-refractivity contribution in [2.24, 2.45) is 0 Å². The van der Waals surface area contributed by atoms with E-state index in [1.165, 1.54) is 110 Å². The van der Waals surface area contributed by atoms with Crippen molar-refractivity contribution >= 4 is 282 Å². The van der Waals surface area contributed by atoms with E-state index >= 15 is 0 Å². The van der Waals surface area contributed by atoms with Gasteiger partial charge in [-0.2, -0.15) is 0 Å². The van der Waals surface area contributed by atoms with Crippen LogP contribution < -0.4 is 0 Å². The van der Waals surface area contributed by atoms with E-state index < -0.39 is 0 Å². The number of allylic oxidation sites excluding steroid dienone is 4. The van der Waals surface area contributed by atoms with Crippen LogP contribution >= 0.6 is 282 Å². The van der Waals surface area contributed by atoms with Crippen LogP contribution in [-0.4, -0.2) is 46.0 Å². The minimum absolute atomic E-state index is 1.14. The van der Waals surface area contributed by atoms with Crippen molar-refractivity contribution in [1.29, 1.82) is 0 Å². The van der Waals surface area contributed by atoms with Crippen molar-refractivity contribution in [2.75, 3.05) is 46.0 Å². The highest BCUT2D eigenvalue weighted by Crippen LogP contribution is 2.73. The minimum Gasteiger partial charge on any atom is -0.116 e. The molecule has 0 bridgehead atoms. The zero-order valence-corrected chi connectivity index (χ0v) is 50.0. The van der Waals surface area contributed by atoms with E-state index in [0.717, 1.165) is 12.8 Å². The Hall–Kier alpha value is 5.28. The summed E-state index contributed by atoms with van der Waals surface area (Å²) in [6.07, 6.45) is 9.91. The molecule has 0 spiro atoms. The molecule has 0 unspecified atom stereocenters. The van der Waals surface area contributed by atoms with Crippen LogP contribution in [0, 0.1) is 0 Å². The molecular formula is C36H26S24. The third-order valence-corrected chi connectivity index (χ3v) is 44.2. The summed E-state index contributed by atoms with van der Waals surface area (Å²) >= 11 is 49.2. The molecule has 0 aromatic rings. The van der Waals surface area contributed by atoms with Gasteiger partial charge < -0.3 is 0 Å². The molecule has 0 fully saturated rings. The Balaban J connectivity index is 0.722. The summed E-state index contributed by atoms with van der Waals surface area (Å²) in [6.45, 7) is 0. The van der Waals surface area contributed by atoms with Crippen LogP contribution in [0.2, 0.25) is 0 Å². The molecule has 0 aromatic carbocycles. The molecule has 0 saturated carbocycles. The zero-order valence-electron chi connectivity index (χ0n) is 30.4. The van der Waals surface area contributed by atoms with E-state index in [2.05, 4.69) is 153 Å². The van der Waals surface area contributed by atoms with Gasteiger partial charge in [0.25, 0.3) is 0 Å². The van der Waals surface area contributed by atoms with E-state index in [9.17, 15) is 0 Å². The molecule has 0 radical (unpaired) electrons. The lowest BCUT2D eigenvalue weighted by Crippen LogP contribution is -1.89. The Morgan fingerprint density at radius 3 is 0.750 bits per heavy atom. The first-order valence-corrected chi connectivity index (χ1v) is 39.3. The van der Waals surface area contributed by atoms with Gasteiger partial charge in [-0.25, -0.2) is 0 Å². The summed E-state index contributed by atoms with van der Waals surface area (Å²) < 4.78 is 30.5. The van der Waals surface area contributed by atoms with Gasteiger partial charge in [0, 0.05) is 46.0 Å². The normalized spacial score (nSPS) is 26.5. The van der Waals surface area contributed by atoms with Crippen LogP contribution in [0.3, 0.4) is 0 Å². The van der Waals surface area contributed by atoms with E-state index in [4.69, 9.17) is 0 Å². The first kappa shape index (κ1) is 46.4. The molecule has 60 heavy (non-hydrogen) atoms. The Bertz CT molecular complexity index is 2060. The Morgan fingerprint density at radius 2 is 0.483 bits per heavy atom. The first-order chi connectivity index (χ1) is 29.6. The highest BCUT2D eigenvalue weighted by molar-refractivity contribution is 8.51. The van der Waals surface area contributed by atoms with E-state index in [0.29, 0.717) is 0 Å². The quantitative estimate of drug-likeness (QED) is 0.222. The topological polar surface area (TPSA) is 0 Å². The number of hydrogen-bond acceptors (Lipinski definition) is 24. The Morgan fingerprint density at radius 1 is 0.267 bits per heavy atom. The predicted octanol–water partition coefficient (Wildman–Crippen LogP) is 21.4. The molecule has 0 N–H and O–H groups in total. The van der Waals surface area contributed by atoms with Gasteiger partial charge >= 0.3 is 0 Å². The van der Waals surface area contributed by atoms with Gasteiger partial charge in [0.15, 0.2) is 0 Å². The minimum atomic E-state index is 1.14. The highest BCUT2D eigenvalue weighted by atomic mass is 32.3. The van der Waals surface area contributed by atoms with E-state index in [1.807, 2.05) is 141 Å². The van der Waals surface area contributed by atoms with Crippen LogP contribution in [0.4, 0.5) is 0 Å². The fraction of sp³-hybridized carbons (Fsp3) is 0.333. The number of hydrogen-bond donors (Lipinski definition) is 0. The molecule has 0 aromatic heterocycles. The second-order valence-corrected chi connectivity index (χ2v) is 43.2. The lowest BCUT2D eigenvalue weighted by atomic mass is 10.1. The van der Waals surface area contributed by atoms with Gasteiger partial charge in [0.1, 0.15) is 0 Å². The lowest BCUT2D eigenvalue weighted by Gasteiger charge is -2.12. The average molecular weight is 1230 g/mol. The monoisotopic (exact) mass is 1230 g/mol. The van der Waals surface area contributed by atoms with Crippen LogP contribution in [0.25, 0.3) is 0 Å². The van der Waals surface area contributed by atoms with Crippen molar-refractivity contribution in [1.82, 2.24) is 0 Å². The Kier molecular flexibility index (Phi) is 16.7. The summed E-state index contributed by atoms with van der Waals surface area (Å²) in [4.78, 5) is 0. The fourth-order valence-corrected chi connectivity index (χ4v) is 43.3. The third kappa shape index (κ3) is 10.6. The summed E-state index contributed by atoms with van der Waals surface area (Å²) in [7, 11) is 0. The standard InChI is InChI=1S/C36H26S24/c1(3-15(19-49-21-22(50-19)38-6-5-37-21)13-17-45-29-30(46-17)58-35(57-29)33-53-25-26(54-33)42-10-9-41-25)2-4-16(20-51-23-24(52-20)40-8-7-39-23)14-18-47-31-32(48-18)60-36(59-31)34-55-27-28(56-34)44-12-11-43-27/h13-14H,1-12H2. The van der Waals surface area contributed by atoms with Crippen molar-refractivity contribution in [3.05, 3.63) is 108 Å². The molecule has 0 nitrogen and oxygen atoms in total. The smallest absolute Gasteiger partial charge is 0.0718 e. The van der Waals surface area contributed by atoms with Crippen LogP contribution in [0.1, 0.15) is 25.7 Å². The molecule has 12 heterocycles. The van der Waals surface area contributed by atoms with E-state index in [-0.39, 0.29) is 0 Å². The summed E-state index contributed by atoms with van der Waals surface area (Å²) in [5.74, 6) is 9.94. The highest BCUT2D eigenvalue weighted by Gasteiger charge is 2.38. The maximum absolute atomic E-state index is 2.59.